The predicted molar refractivity (Wildman–Crippen MR) is 121 cm³/mol. The summed E-state index contributed by atoms with van der Waals surface area (Å²) in [5.74, 6) is 0. The summed E-state index contributed by atoms with van der Waals surface area (Å²) in [5.41, 5.74) is 5.28. The highest BCUT2D eigenvalue weighted by Gasteiger charge is 2.43. The maximum atomic E-state index is 12.7. The monoisotopic (exact) mass is 405 g/mol. The molecular weight excluding hydrogens is 374 g/mol. The van der Waals surface area contributed by atoms with Crippen LogP contribution in [0.5, 0.6) is 0 Å². The maximum absolute atomic E-state index is 12.7. The van der Waals surface area contributed by atoms with E-state index in [4.69, 9.17) is 4.84 Å². The Kier molecular flexibility index (Phi) is 5.31. The number of nitrogens with one attached hydrogen (secondary N) is 1. The van der Waals surface area contributed by atoms with Crippen LogP contribution >= 0.6 is 0 Å². The van der Waals surface area contributed by atoms with Crippen LogP contribution in [0.25, 0.3) is 0 Å². The number of benzene rings is 2. The number of anilines is 1. The largest absolute Gasteiger partial charge is 0.388 e. The zero-order valence-electron chi connectivity index (χ0n) is 18.4. The molecule has 1 saturated heterocycles. The fraction of sp³-hybridized carbons (Fsp3) is 0.440. The van der Waals surface area contributed by atoms with Gasteiger partial charge in [0.2, 0.25) is 0 Å². The van der Waals surface area contributed by atoms with Gasteiger partial charge >= 0.3 is 6.03 Å². The van der Waals surface area contributed by atoms with Gasteiger partial charge in [0.15, 0.2) is 0 Å². The molecule has 1 fully saturated rings. The lowest BCUT2D eigenvalue weighted by molar-refractivity contribution is -0.0544. The van der Waals surface area contributed by atoms with Crippen molar-refractivity contribution in [2.75, 3.05) is 18.4 Å². The number of oxime groups is 1. The van der Waals surface area contributed by atoms with Crippen LogP contribution in [0.1, 0.15) is 56.7 Å². The summed E-state index contributed by atoms with van der Waals surface area (Å²) >= 11 is 0. The topological polar surface area (TPSA) is 53.9 Å². The van der Waals surface area contributed by atoms with Gasteiger partial charge in [0, 0.05) is 38.0 Å². The number of rotatable bonds is 2. The second-order valence-electron chi connectivity index (χ2n) is 9.60. The number of hydrogen-bond donors (Lipinski definition) is 1. The number of carbonyl (C=O) groups is 1. The minimum absolute atomic E-state index is 0.0500. The van der Waals surface area contributed by atoms with Gasteiger partial charge in [-0.1, -0.05) is 67.9 Å². The van der Waals surface area contributed by atoms with Crippen LogP contribution in [0.2, 0.25) is 0 Å². The molecule has 158 valence electrons. The van der Waals surface area contributed by atoms with Crippen molar-refractivity contribution in [3.8, 4) is 0 Å². The van der Waals surface area contributed by atoms with Gasteiger partial charge in [0.1, 0.15) is 5.60 Å². The van der Waals surface area contributed by atoms with Gasteiger partial charge in [-0.15, -0.1) is 0 Å². The Morgan fingerprint density at radius 2 is 1.67 bits per heavy atom. The zero-order chi connectivity index (χ0) is 21.4. The lowest BCUT2D eigenvalue weighted by Gasteiger charge is -2.37. The zero-order valence-corrected chi connectivity index (χ0v) is 18.4. The molecule has 5 nitrogen and oxygen atoms in total. The summed E-state index contributed by atoms with van der Waals surface area (Å²) in [7, 11) is 0. The first kappa shape index (κ1) is 20.5. The molecule has 0 bridgehead atoms. The molecule has 5 heteroatoms. The number of nitrogens with zero attached hydrogens (tertiary/aromatic N) is 2. The van der Waals surface area contributed by atoms with E-state index in [0.29, 0.717) is 13.1 Å². The Hall–Kier alpha value is -2.82. The molecule has 2 amide bonds. The number of likely N-dealkylation sites (tertiary alicyclic amines) is 1. The van der Waals surface area contributed by atoms with Crippen molar-refractivity contribution in [1.82, 2.24) is 4.90 Å². The van der Waals surface area contributed by atoms with E-state index in [1.54, 1.807) is 0 Å². The Labute approximate surface area is 179 Å². The van der Waals surface area contributed by atoms with Crippen molar-refractivity contribution in [3.63, 3.8) is 0 Å². The lowest BCUT2D eigenvalue weighted by atomic mass is 9.85. The Morgan fingerprint density at radius 1 is 1.03 bits per heavy atom. The molecule has 1 spiro atoms. The number of piperidine rings is 1. The van der Waals surface area contributed by atoms with Crippen molar-refractivity contribution in [2.24, 2.45) is 5.16 Å². The molecule has 0 aromatic heterocycles. The van der Waals surface area contributed by atoms with Gasteiger partial charge in [-0.05, 0) is 35.6 Å². The second kappa shape index (κ2) is 7.78. The normalized spacial score (nSPS) is 18.1. The molecule has 2 aliphatic heterocycles. The van der Waals surface area contributed by atoms with E-state index < -0.39 is 0 Å². The Bertz CT molecular complexity index is 932. The number of hydrogen-bond acceptors (Lipinski definition) is 3. The first-order valence-corrected chi connectivity index (χ1v) is 10.7. The highest BCUT2D eigenvalue weighted by Crippen LogP contribution is 2.36. The third-order valence-corrected chi connectivity index (χ3v) is 6.19. The van der Waals surface area contributed by atoms with Gasteiger partial charge in [-0.2, -0.15) is 0 Å². The van der Waals surface area contributed by atoms with Gasteiger partial charge in [0.05, 0.1) is 5.71 Å². The van der Waals surface area contributed by atoms with E-state index in [9.17, 15) is 4.79 Å². The van der Waals surface area contributed by atoms with Crippen molar-refractivity contribution in [1.29, 1.82) is 0 Å². The summed E-state index contributed by atoms with van der Waals surface area (Å²) in [6.07, 6.45) is 2.39. The van der Waals surface area contributed by atoms with Crippen molar-refractivity contribution in [2.45, 2.75) is 58.0 Å². The van der Waals surface area contributed by atoms with E-state index in [0.717, 1.165) is 36.2 Å². The van der Waals surface area contributed by atoms with Gasteiger partial charge in [-0.3, -0.25) is 0 Å². The van der Waals surface area contributed by atoms with E-state index in [1.807, 2.05) is 17.0 Å². The molecule has 0 aliphatic carbocycles. The minimum atomic E-state index is -0.272. The van der Waals surface area contributed by atoms with Crippen LogP contribution in [0.15, 0.2) is 53.7 Å². The average Bonchev–Trinajstić information content (AvgIpc) is 3.12. The average molecular weight is 406 g/mol. The van der Waals surface area contributed by atoms with Crippen LogP contribution in [-0.2, 0) is 10.3 Å². The minimum Gasteiger partial charge on any atom is -0.388 e. The van der Waals surface area contributed by atoms with Gasteiger partial charge < -0.3 is 15.1 Å². The SMILES string of the molecule is Cc1ccc(C2=NOC3(CCN(C(=O)Nc4ccc(C(C)(C)C)cc4)CC3)C2)cc1. The molecule has 1 N–H and O–H groups in total. The molecule has 2 heterocycles. The third-order valence-electron chi connectivity index (χ3n) is 6.19. The predicted octanol–water partition coefficient (Wildman–Crippen LogP) is 5.48. The summed E-state index contributed by atoms with van der Waals surface area (Å²) in [4.78, 5) is 20.5. The second-order valence-corrected chi connectivity index (χ2v) is 9.60. The van der Waals surface area contributed by atoms with Gasteiger partial charge in [0.25, 0.3) is 0 Å². The standard InChI is InChI=1S/C25H31N3O2/c1-18-5-7-19(8-6-18)22-17-25(30-27-22)13-15-28(16-14-25)23(29)26-21-11-9-20(10-12-21)24(2,3)4/h5-12H,13-17H2,1-4H3,(H,26,29). The van der Waals surface area contributed by atoms with Crippen LogP contribution in [0, 0.1) is 6.92 Å². The lowest BCUT2D eigenvalue weighted by Crippen LogP contribution is -2.48. The summed E-state index contributed by atoms with van der Waals surface area (Å²) in [5, 5.41) is 7.40. The first-order valence-electron chi connectivity index (χ1n) is 10.7. The molecule has 2 aromatic carbocycles. The number of amides is 2. The molecule has 0 unspecified atom stereocenters. The molecule has 0 radical (unpaired) electrons. The van der Waals surface area contributed by atoms with Crippen molar-refractivity contribution < 1.29 is 9.63 Å². The van der Waals surface area contributed by atoms with Crippen LogP contribution in [0.3, 0.4) is 0 Å². The summed E-state index contributed by atoms with van der Waals surface area (Å²) in [6.45, 7) is 9.97. The van der Waals surface area contributed by atoms with Crippen LogP contribution in [-0.4, -0.2) is 35.3 Å². The number of aryl methyl sites for hydroxylation is 1. The molecular formula is C25H31N3O2. The number of urea groups is 1. The Morgan fingerprint density at radius 3 is 2.27 bits per heavy atom. The van der Waals surface area contributed by atoms with Crippen LogP contribution < -0.4 is 5.32 Å². The first-order chi connectivity index (χ1) is 14.2. The molecule has 0 atom stereocenters. The quantitative estimate of drug-likeness (QED) is 0.719. The highest BCUT2D eigenvalue weighted by molar-refractivity contribution is 6.01. The fourth-order valence-corrected chi connectivity index (χ4v) is 4.06. The highest BCUT2D eigenvalue weighted by atomic mass is 16.7. The molecule has 2 aromatic rings. The molecule has 4 rings (SSSR count). The molecule has 30 heavy (non-hydrogen) atoms. The van der Waals surface area contributed by atoms with E-state index in [-0.39, 0.29) is 17.0 Å². The van der Waals surface area contributed by atoms with E-state index in [2.05, 4.69) is 74.6 Å². The van der Waals surface area contributed by atoms with Crippen LogP contribution in [0.4, 0.5) is 10.5 Å². The van der Waals surface area contributed by atoms with Gasteiger partial charge in [-0.25, -0.2) is 4.79 Å². The fourth-order valence-electron chi connectivity index (χ4n) is 4.06. The third kappa shape index (κ3) is 4.35. The Balaban J connectivity index is 1.31. The molecule has 2 aliphatic rings. The van der Waals surface area contributed by atoms with Crippen molar-refractivity contribution in [3.05, 3.63) is 65.2 Å². The summed E-state index contributed by atoms with van der Waals surface area (Å²) < 4.78 is 0. The van der Waals surface area contributed by atoms with E-state index >= 15 is 0 Å². The van der Waals surface area contributed by atoms with E-state index in [1.165, 1.54) is 11.1 Å². The van der Waals surface area contributed by atoms with Crippen molar-refractivity contribution >= 4 is 17.4 Å². The smallest absolute Gasteiger partial charge is 0.321 e. The maximum Gasteiger partial charge on any atom is 0.321 e. The molecule has 0 saturated carbocycles. The number of carbonyl (C=O) groups excluding carboxylic acids is 1. The summed E-state index contributed by atoms with van der Waals surface area (Å²) in [6, 6.07) is 16.5.